The van der Waals surface area contributed by atoms with Crippen LogP contribution in [-0.4, -0.2) is 65.7 Å². The zero-order valence-corrected chi connectivity index (χ0v) is 34.6. The lowest BCUT2D eigenvalue weighted by atomic mass is 10.0. The SMILES string of the molecule is CCCCC/C=C\C/C=C\CCCCCCCC(=O)OC(COC(=O)CCCCCCCCCCCCCCCCC)COP(=O)(O)OCC(O)CO. The number of allylic oxidation sites excluding steroid dienone is 4. The van der Waals surface area contributed by atoms with Crippen LogP contribution in [0.15, 0.2) is 24.3 Å². The molecule has 0 saturated heterocycles. The zero-order valence-electron chi connectivity index (χ0n) is 33.7. The number of carbonyl (C=O) groups excluding carboxylic acids is 2. The highest BCUT2D eigenvalue weighted by Gasteiger charge is 2.27. The van der Waals surface area contributed by atoms with Gasteiger partial charge in [0.15, 0.2) is 6.10 Å². The molecule has 312 valence electrons. The first-order valence-corrected chi connectivity index (χ1v) is 22.8. The van der Waals surface area contributed by atoms with E-state index in [-0.39, 0.29) is 19.4 Å². The Morgan fingerprint density at radius 2 is 0.981 bits per heavy atom. The fraction of sp³-hybridized carbons (Fsp3) is 0.857. The van der Waals surface area contributed by atoms with E-state index in [1.165, 1.54) is 89.9 Å². The van der Waals surface area contributed by atoms with Crippen LogP contribution in [-0.2, 0) is 32.7 Å². The zero-order chi connectivity index (χ0) is 39.1. The Bertz CT molecular complexity index is 941. The first kappa shape index (κ1) is 51.5. The summed E-state index contributed by atoms with van der Waals surface area (Å²) in [5.41, 5.74) is 0. The quantitative estimate of drug-likeness (QED) is 0.0238. The van der Waals surface area contributed by atoms with Gasteiger partial charge in [-0.05, 0) is 44.9 Å². The molecule has 53 heavy (non-hydrogen) atoms. The number of aliphatic hydroxyl groups excluding tert-OH is 2. The molecule has 3 atom stereocenters. The second kappa shape index (κ2) is 38.7. The van der Waals surface area contributed by atoms with Crippen LogP contribution in [0.1, 0.15) is 194 Å². The van der Waals surface area contributed by atoms with E-state index in [4.69, 9.17) is 19.1 Å². The minimum absolute atomic E-state index is 0.171. The van der Waals surface area contributed by atoms with Gasteiger partial charge in [0.2, 0.25) is 0 Å². The maximum absolute atomic E-state index is 12.6. The lowest BCUT2D eigenvalue weighted by molar-refractivity contribution is -0.161. The molecule has 0 saturated carbocycles. The molecule has 3 unspecified atom stereocenters. The molecule has 0 amide bonds. The van der Waals surface area contributed by atoms with Crippen LogP contribution in [0.25, 0.3) is 0 Å². The maximum atomic E-state index is 12.6. The average Bonchev–Trinajstić information content (AvgIpc) is 3.14. The Labute approximate surface area is 323 Å². The summed E-state index contributed by atoms with van der Waals surface area (Å²) in [6.07, 6.45) is 37.1. The molecule has 0 aliphatic rings. The highest BCUT2D eigenvalue weighted by molar-refractivity contribution is 7.47. The number of rotatable bonds is 40. The Morgan fingerprint density at radius 1 is 0.566 bits per heavy atom. The van der Waals surface area contributed by atoms with Gasteiger partial charge in [0.25, 0.3) is 0 Å². The number of carbonyl (C=O) groups is 2. The molecule has 0 spiro atoms. The van der Waals surface area contributed by atoms with E-state index in [1.807, 2.05) is 0 Å². The molecule has 0 bridgehead atoms. The minimum atomic E-state index is -4.62. The topological polar surface area (TPSA) is 149 Å². The van der Waals surface area contributed by atoms with E-state index in [0.717, 1.165) is 64.2 Å². The smallest absolute Gasteiger partial charge is 0.462 e. The summed E-state index contributed by atoms with van der Waals surface area (Å²) in [5, 5.41) is 18.3. The van der Waals surface area contributed by atoms with Crippen LogP contribution in [0.2, 0.25) is 0 Å². The van der Waals surface area contributed by atoms with E-state index in [2.05, 4.69) is 42.7 Å². The highest BCUT2D eigenvalue weighted by Crippen LogP contribution is 2.43. The number of aliphatic hydroxyl groups is 2. The Kier molecular flexibility index (Phi) is 37.6. The summed E-state index contributed by atoms with van der Waals surface area (Å²) in [5.74, 6) is -0.934. The van der Waals surface area contributed by atoms with Gasteiger partial charge in [-0.1, -0.05) is 160 Å². The van der Waals surface area contributed by atoms with Crippen molar-refractivity contribution in [2.75, 3.05) is 26.4 Å². The van der Waals surface area contributed by atoms with Crippen LogP contribution in [0, 0.1) is 0 Å². The third kappa shape index (κ3) is 38.5. The molecule has 3 N–H and O–H groups in total. The van der Waals surface area contributed by atoms with Crippen molar-refractivity contribution in [3.63, 3.8) is 0 Å². The van der Waals surface area contributed by atoms with Gasteiger partial charge in [0.1, 0.15) is 12.7 Å². The number of phosphoric acid groups is 1. The van der Waals surface area contributed by atoms with Crippen molar-refractivity contribution in [1.29, 1.82) is 0 Å². The standard InChI is InChI=1S/C42H79O10P/c1-3-5-7-9-11-13-15-17-19-21-23-25-27-29-31-33-41(45)49-37-40(38-51-53(47,48)50-36-39(44)35-43)52-42(46)34-32-30-28-26-24-22-20-18-16-14-12-10-8-6-4-2/h12,14,18,20,39-40,43-44H,3-11,13,15-17,19,21-38H2,1-2H3,(H,47,48)/b14-12-,20-18-. The van der Waals surface area contributed by atoms with Crippen LogP contribution < -0.4 is 0 Å². The molecule has 10 nitrogen and oxygen atoms in total. The van der Waals surface area contributed by atoms with E-state index in [9.17, 15) is 24.2 Å². The molecule has 0 aromatic rings. The Balaban J connectivity index is 4.31. The summed E-state index contributed by atoms with van der Waals surface area (Å²) < 4.78 is 32.7. The van der Waals surface area contributed by atoms with E-state index in [0.29, 0.717) is 12.8 Å². The van der Waals surface area contributed by atoms with Crippen LogP contribution in [0.5, 0.6) is 0 Å². The van der Waals surface area contributed by atoms with Crippen LogP contribution in [0.4, 0.5) is 0 Å². The molecule has 0 radical (unpaired) electrons. The first-order valence-electron chi connectivity index (χ1n) is 21.3. The maximum Gasteiger partial charge on any atom is 0.472 e. The summed E-state index contributed by atoms with van der Waals surface area (Å²) >= 11 is 0. The summed E-state index contributed by atoms with van der Waals surface area (Å²) in [7, 11) is -4.62. The summed E-state index contributed by atoms with van der Waals surface area (Å²) in [6.45, 7) is 2.35. The van der Waals surface area contributed by atoms with Gasteiger partial charge in [-0.3, -0.25) is 18.6 Å². The number of hydrogen-bond acceptors (Lipinski definition) is 9. The lowest BCUT2D eigenvalue weighted by Crippen LogP contribution is -2.29. The monoisotopic (exact) mass is 775 g/mol. The summed E-state index contributed by atoms with van der Waals surface area (Å²) in [6, 6.07) is 0. The molecule has 0 aliphatic heterocycles. The third-order valence-corrected chi connectivity index (χ3v) is 10.1. The predicted octanol–water partition coefficient (Wildman–Crippen LogP) is 11.0. The van der Waals surface area contributed by atoms with Crippen molar-refractivity contribution in [2.45, 2.75) is 206 Å². The van der Waals surface area contributed by atoms with Gasteiger partial charge in [-0.2, -0.15) is 0 Å². The second-order valence-electron chi connectivity index (χ2n) is 14.4. The first-order chi connectivity index (χ1) is 25.7. The second-order valence-corrected chi connectivity index (χ2v) is 15.8. The number of esters is 2. The van der Waals surface area contributed by atoms with Gasteiger partial charge >= 0.3 is 19.8 Å². The third-order valence-electron chi connectivity index (χ3n) is 9.11. The van der Waals surface area contributed by atoms with Crippen molar-refractivity contribution in [1.82, 2.24) is 0 Å². The molecule has 0 aromatic carbocycles. The normalized spacial score (nSPS) is 14.1. The molecule has 11 heteroatoms. The van der Waals surface area contributed by atoms with Gasteiger partial charge in [-0.25, -0.2) is 4.57 Å². The lowest BCUT2D eigenvalue weighted by Gasteiger charge is -2.20. The Morgan fingerprint density at radius 3 is 1.49 bits per heavy atom. The molecular weight excluding hydrogens is 695 g/mol. The minimum Gasteiger partial charge on any atom is -0.462 e. The molecule has 0 fully saturated rings. The van der Waals surface area contributed by atoms with Gasteiger partial charge < -0.3 is 24.6 Å². The largest absolute Gasteiger partial charge is 0.472 e. The van der Waals surface area contributed by atoms with Crippen molar-refractivity contribution in [3.05, 3.63) is 24.3 Å². The molecule has 0 aliphatic carbocycles. The number of unbranched alkanes of at least 4 members (excludes halogenated alkanes) is 22. The van der Waals surface area contributed by atoms with Gasteiger partial charge in [-0.15, -0.1) is 0 Å². The van der Waals surface area contributed by atoms with Gasteiger partial charge in [0, 0.05) is 12.8 Å². The van der Waals surface area contributed by atoms with Crippen LogP contribution in [0.3, 0.4) is 0 Å². The van der Waals surface area contributed by atoms with E-state index < -0.39 is 51.8 Å². The Hall–Kier alpha value is -1.55. The predicted molar refractivity (Wildman–Crippen MR) is 215 cm³/mol. The van der Waals surface area contributed by atoms with Crippen molar-refractivity contribution >= 4 is 19.8 Å². The van der Waals surface area contributed by atoms with E-state index in [1.54, 1.807) is 0 Å². The fourth-order valence-electron chi connectivity index (χ4n) is 5.79. The molecular formula is C42H79O10P. The van der Waals surface area contributed by atoms with Crippen LogP contribution >= 0.6 is 7.82 Å². The van der Waals surface area contributed by atoms with E-state index >= 15 is 0 Å². The molecule has 0 rings (SSSR count). The fourth-order valence-corrected chi connectivity index (χ4v) is 6.58. The van der Waals surface area contributed by atoms with Gasteiger partial charge in [0.05, 0.1) is 19.8 Å². The average molecular weight is 775 g/mol. The molecule has 0 aromatic heterocycles. The number of ether oxygens (including phenoxy) is 2. The van der Waals surface area contributed by atoms with Crippen molar-refractivity contribution < 1.29 is 47.8 Å². The molecule has 0 heterocycles. The number of phosphoric ester groups is 1. The number of hydrogen-bond donors (Lipinski definition) is 3. The summed E-state index contributed by atoms with van der Waals surface area (Å²) in [4.78, 5) is 34.9. The van der Waals surface area contributed by atoms with Crippen molar-refractivity contribution in [2.24, 2.45) is 0 Å². The highest BCUT2D eigenvalue weighted by atomic mass is 31.2. The van der Waals surface area contributed by atoms with Crippen molar-refractivity contribution in [3.8, 4) is 0 Å².